The van der Waals surface area contributed by atoms with Crippen molar-refractivity contribution < 1.29 is 9.53 Å². The van der Waals surface area contributed by atoms with E-state index in [0.29, 0.717) is 25.0 Å². The van der Waals surface area contributed by atoms with Crippen molar-refractivity contribution in [1.29, 1.82) is 0 Å². The van der Waals surface area contributed by atoms with Crippen LogP contribution in [0.3, 0.4) is 0 Å². The van der Waals surface area contributed by atoms with Crippen molar-refractivity contribution in [3.8, 4) is 0 Å². The summed E-state index contributed by atoms with van der Waals surface area (Å²) in [7, 11) is 1.69. The number of hydrogen-bond acceptors (Lipinski definition) is 4. The molecular weight excluding hydrogens is 290 g/mol. The summed E-state index contributed by atoms with van der Waals surface area (Å²) in [5.74, 6) is 0.717. The number of amides is 1. The van der Waals surface area contributed by atoms with E-state index < -0.39 is 0 Å². The van der Waals surface area contributed by atoms with Crippen molar-refractivity contribution in [3.05, 3.63) is 29.6 Å². The van der Waals surface area contributed by atoms with E-state index in [9.17, 15) is 4.79 Å². The minimum Gasteiger partial charge on any atom is -0.383 e. The molecule has 1 aromatic heterocycles. The number of aryl methyl sites for hydroxylation is 1. The highest BCUT2D eigenvalue weighted by Gasteiger charge is 2.54. The van der Waals surface area contributed by atoms with Gasteiger partial charge in [-0.1, -0.05) is 13.0 Å². The van der Waals surface area contributed by atoms with Gasteiger partial charge >= 0.3 is 0 Å². The molecular formula is C18H27N3O2. The van der Waals surface area contributed by atoms with Gasteiger partial charge in [0.05, 0.1) is 17.7 Å². The second-order valence-corrected chi connectivity index (χ2v) is 7.03. The van der Waals surface area contributed by atoms with Crippen LogP contribution in [0.2, 0.25) is 0 Å². The summed E-state index contributed by atoms with van der Waals surface area (Å²) in [5, 5.41) is 0. The highest BCUT2D eigenvalue weighted by atomic mass is 16.5. The summed E-state index contributed by atoms with van der Waals surface area (Å²) in [6.45, 7) is 9.09. The van der Waals surface area contributed by atoms with Gasteiger partial charge in [-0.3, -0.25) is 14.7 Å². The van der Waals surface area contributed by atoms with Crippen LogP contribution in [-0.4, -0.2) is 60.6 Å². The normalized spacial score (nSPS) is 28.2. The van der Waals surface area contributed by atoms with E-state index in [1.54, 1.807) is 7.11 Å². The monoisotopic (exact) mass is 317 g/mol. The van der Waals surface area contributed by atoms with Crippen molar-refractivity contribution in [3.63, 3.8) is 0 Å². The molecule has 23 heavy (non-hydrogen) atoms. The molecule has 2 atom stereocenters. The Balaban J connectivity index is 1.67. The topological polar surface area (TPSA) is 45.7 Å². The third-order valence-corrected chi connectivity index (χ3v) is 5.42. The van der Waals surface area contributed by atoms with Gasteiger partial charge in [-0.05, 0) is 31.4 Å². The standard InChI is InChI=1S/C18H27N3O2/c1-14-11-20(12-16-6-4-5-15(2)19-16)13-18(14)7-8-21(17(18)22)9-10-23-3/h4-6,14H,7-13H2,1-3H3/t14-,18-/m1/s1. The maximum Gasteiger partial charge on any atom is 0.230 e. The van der Waals surface area contributed by atoms with Crippen molar-refractivity contribution in [2.75, 3.05) is 39.9 Å². The number of rotatable bonds is 5. The SMILES string of the molecule is COCCN1CC[C@]2(CN(Cc3cccc(C)n3)C[C@H]2C)C1=O. The first-order chi connectivity index (χ1) is 11.0. The van der Waals surface area contributed by atoms with Gasteiger partial charge < -0.3 is 9.64 Å². The number of nitrogens with zero attached hydrogens (tertiary/aromatic N) is 3. The molecule has 1 aromatic rings. The van der Waals surface area contributed by atoms with Gasteiger partial charge in [-0.15, -0.1) is 0 Å². The third-order valence-electron chi connectivity index (χ3n) is 5.42. The minimum atomic E-state index is -0.197. The molecule has 2 aliphatic heterocycles. The average Bonchev–Trinajstić information content (AvgIpc) is 2.99. The molecule has 0 radical (unpaired) electrons. The van der Waals surface area contributed by atoms with Gasteiger partial charge in [-0.25, -0.2) is 0 Å². The maximum absolute atomic E-state index is 12.9. The van der Waals surface area contributed by atoms with Crippen LogP contribution in [0.1, 0.15) is 24.7 Å². The van der Waals surface area contributed by atoms with E-state index in [-0.39, 0.29) is 5.41 Å². The van der Waals surface area contributed by atoms with Crippen molar-refractivity contribution in [2.24, 2.45) is 11.3 Å². The number of methoxy groups -OCH3 is 1. The maximum atomic E-state index is 12.9. The van der Waals surface area contributed by atoms with Crippen LogP contribution < -0.4 is 0 Å². The van der Waals surface area contributed by atoms with Crippen molar-refractivity contribution >= 4 is 5.91 Å². The predicted molar refractivity (Wildman–Crippen MR) is 88.9 cm³/mol. The summed E-state index contributed by atoms with van der Waals surface area (Å²) in [5.41, 5.74) is 1.94. The molecule has 5 nitrogen and oxygen atoms in total. The molecule has 0 bridgehead atoms. The van der Waals surface area contributed by atoms with Gasteiger partial charge in [0.2, 0.25) is 5.91 Å². The first-order valence-electron chi connectivity index (χ1n) is 8.48. The summed E-state index contributed by atoms with van der Waals surface area (Å²) >= 11 is 0. The molecule has 0 aliphatic carbocycles. The number of ether oxygens (including phenoxy) is 1. The van der Waals surface area contributed by atoms with Crippen LogP contribution in [0, 0.1) is 18.3 Å². The molecule has 0 saturated carbocycles. The molecule has 0 aromatic carbocycles. The Labute approximate surface area is 138 Å². The molecule has 2 aliphatic rings. The highest BCUT2D eigenvalue weighted by molar-refractivity contribution is 5.86. The quantitative estimate of drug-likeness (QED) is 0.829. The first-order valence-corrected chi connectivity index (χ1v) is 8.48. The summed E-state index contributed by atoms with van der Waals surface area (Å²) in [4.78, 5) is 21.9. The summed E-state index contributed by atoms with van der Waals surface area (Å²) in [6, 6.07) is 6.15. The van der Waals surface area contributed by atoms with Gasteiger partial charge in [0, 0.05) is 45.5 Å². The molecule has 126 valence electrons. The molecule has 0 N–H and O–H groups in total. The van der Waals surface area contributed by atoms with Gasteiger partial charge in [-0.2, -0.15) is 0 Å². The lowest BCUT2D eigenvalue weighted by atomic mass is 9.78. The van der Waals surface area contributed by atoms with Gasteiger partial charge in [0.1, 0.15) is 0 Å². The Kier molecular flexibility index (Phi) is 4.69. The van der Waals surface area contributed by atoms with Crippen LogP contribution in [0.25, 0.3) is 0 Å². The van der Waals surface area contributed by atoms with Crippen LogP contribution in [0.5, 0.6) is 0 Å². The Morgan fingerprint density at radius 2 is 2.26 bits per heavy atom. The van der Waals surface area contributed by atoms with Crippen LogP contribution in [-0.2, 0) is 16.1 Å². The molecule has 2 fully saturated rings. The minimum absolute atomic E-state index is 0.197. The number of hydrogen-bond donors (Lipinski definition) is 0. The molecule has 0 unspecified atom stereocenters. The third kappa shape index (κ3) is 3.12. The zero-order chi connectivity index (χ0) is 16.4. The Hall–Kier alpha value is -1.46. The van der Waals surface area contributed by atoms with Crippen molar-refractivity contribution in [2.45, 2.75) is 26.8 Å². The second-order valence-electron chi connectivity index (χ2n) is 7.03. The average molecular weight is 317 g/mol. The van der Waals surface area contributed by atoms with E-state index in [2.05, 4.69) is 28.9 Å². The van der Waals surface area contributed by atoms with Crippen molar-refractivity contribution in [1.82, 2.24) is 14.8 Å². The molecule has 3 heterocycles. The fourth-order valence-corrected chi connectivity index (χ4v) is 4.10. The molecule has 2 saturated heterocycles. The van der Waals surface area contributed by atoms with E-state index >= 15 is 0 Å². The van der Waals surface area contributed by atoms with Crippen LogP contribution in [0.4, 0.5) is 0 Å². The fourth-order valence-electron chi connectivity index (χ4n) is 4.10. The predicted octanol–water partition coefficient (Wildman–Crippen LogP) is 1.71. The Morgan fingerprint density at radius 1 is 1.43 bits per heavy atom. The lowest BCUT2D eigenvalue weighted by Crippen LogP contribution is -2.40. The second kappa shape index (κ2) is 6.57. The van der Waals surface area contributed by atoms with E-state index in [4.69, 9.17) is 4.74 Å². The Morgan fingerprint density at radius 3 is 3.00 bits per heavy atom. The molecule has 5 heteroatoms. The van der Waals surface area contributed by atoms with Gasteiger partial charge in [0.15, 0.2) is 0 Å². The molecule has 1 amide bonds. The number of pyridine rings is 1. The van der Waals surface area contributed by atoms with Crippen LogP contribution in [0.15, 0.2) is 18.2 Å². The lowest BCUT2D eigenvalue weighted by Gasteiger charge is -2.26. The van der Waals surface area contributed by atoms with E-state index in [1.165, 1.54) is 0 Å². The first kappa shape index (κ1) is 16.4. The smallest absolute Gasteiger partial charge is 0.230 e. The van der Waals surface area contributed by atoms with Gasteiger partial charge in [0.25, 0.3) is 0 Å². The summed E-state index contributed by atoms with van der Waals surface area (Å²) in [6.07, 6.45) is 0.967. The largest absolute Gasteiger partial charge is 0.383 e. The zero-order valence-corrected chi connectivity index (χ0v) is 14.4. The van der Waals surface area contributed by atoms with Crippen LogP contribution >= 0.6 is 0 Å². The number of carbonyl (C=O) groups excluding carboxylic acids is 1. The number of likely N-dealkylation sites (tertiary alicyclic amines) is 2. The van der Waals surface area contributed by atoms with E-state index in [0.717, 1.165) is 44.0 Å². The van der Waals surface area contributed by atoms with E-state index in [1.807, 2.05) is 17.9 Å². The zero-order valence-electron chi connectivity index (χ0n) is 14.4. The number of carbonyl (C=O) groups is 1. The summed E-state index contributed by atoms with van der Waals surface area (Å²) < 4.78 is 5.13. The molecule has 1 spiro atoms. The number of aromatic nitrogens is 1. The molecule has 3 rings (SSSR count). The lowest BCUT2D eigenvalue weighted by molar-refractivity contribution is -0.137. The fraction of sp³-hybridized carbons (Fsp3) is 0.667. The highest BCUT2D eigenvalue weighted by Crippen LogP contribution is 2.44. The Bertz CT molecular complexity index is 577.